The molecule has 1 rings (SSSR count). The summed E-state index contributed by atoms with van der Waals surface area (Å²) in [6.07, 6.45) is 1.77. The molecule has 56 valence electrons. The predicted octanol–water partition coefficient (Wildman–Crippen LogP) is -0.562. The van der Waals surface area contributed by atoms with Crippen LogP contribution >= 0.6 is 0 Å². The summed E-state index contributed by atoms with van der Waals surface area (Å²) in [4.78, 5) is 20.2. The Bertz CT molecular complexity index is 140. The van der Waals surface area contributed by atoms with E-state index in [0.717, 1.165) is 12.8 Å². The van der Waals surface area contributed by atoms with Gasteiger partial charge in [-0.3, -0.25) is 9.59 Å². The lowest BCUT2D eigenvalue weighted by Crippen LogP contribution is -2.34. The maximum atomic E-state index is 10.4. The van der Waals surface area contributed by atoms with Gasteiger partial charge in [0, 0.05) is 6.61 Å². The van der Waals surface area contributed by atoms with Crippen LogP contribution in [0.1, 0.15) is 12.8 Å². The van der Waals surface area contributed by atoms with E-state index in [-0.39, 0.29) is 12.5 Å². The van der Waals surface area contributed by atoms with E-state index in [2.05, 4.69) is 5.32 Å². The van der Waals surface area contributed by atoms with Gasteiger partial charge in [0.25, 0.3) is 5.91 Å². The molecule has 1 fully saturated rings. The molecule has 0 saturated carbocycles. The third-order valence-electron chi connectivity index (χ3n) is 1.34. The van der Waals surface area contributed by atoms with E-state index >= 15 is 0 Å². The summed E-state index contributed by atoms with van der Waals surface area (Å²) in [6.45, 7) is 0.670. The molecular weight excluding hydrogens is 134 g/mol. The van der Waals surface area contributed by atoms with E-state index in [0.29, 0.717) is 6.61 Å². The van der Waals surface area contributed by atoms with Crippen molar-refractivity contribution in [2.24, 2.45) is 0 Å². The van der Waals surface area contributed by atoms with Gasteiger partial charge in [-0.25, -0.2) is 0 Å². The highest BCUT2D eigenvalue weighted by molar-refractivity contribution is 6.23. The van der Waals surface area contributed by atoms with Crippen LogP contribution in [0.25, 0.3) is 0 Å². The Balaban J connectivity index is 2.23. The number of aldehydes is 1. The Labute approximate surface area is 58.5 Å². The van der Waals surface area contributed by atoms with Gasteiger partial charge >= 0.3 is 0 Å². The van der Waals surface area contributed by atoms with E-state index in [1.807, 2.05) is 0 Å². The van der Waals surface area contributed by atoms with Crippen LogP contribution in [0.15, 0.2) is 0 Å². The standard InChI is InChI=1S/C6H9NO3/c8-4-5(9)7-6-2-1-3-10-6/h4,6H,1-3H2,(H,7,9). The maximum Gasteiger partial charge on any atom is 0.286 e. The van der Waals surface area contributed by atoms with Gasteiger partial charge in [0.1, 0.15) is 6.23 Å². The molecule has 0 spiro atoms. The smallest absolute Gasteiger partial charge is 0.286 e. The van der Waals surface area contributed by atoms with Gasteiger partial charge in [-0.1, -0.05) is 0 Å². The lowest BCUT2D eigenvalue weighted by Gasteiger charge is -2.07. The van der Waals surface area contributed by atoms with Crippen molar-refractivity contribution in [1.29, 1.82) is 0 Å². The minimum Gasteiger partial charge on any atom is -0.359 e. The summed E-state index contributed by atoms with van der Waals surface area (Å²) in [6, 6.07) is 0. The molecule has 1 amide bonds. The van der Waals surface area contributed by atoms with Crippen molar-refractivity contribution in [3.05, 3.63) is 0 Å². The van der Waals surface area contributed by atoms with Crippen LogP contribution in [0, 0.1) is 0 Å². The average Bonchev–Trinajstić information content (AvgIpc) is 2.40. The number of ether oxygens (including phenoxy) is 1. The quantitative estimate of drug-likeness (QED) is 0.416. The third kappa shape index (κ3) is 1.80. The SMILES string of the molecule is O=CC(=O)NC1CCCO1. The van der Waals surface area contributed by atoms with E-state index in [4.69, 9.17) is 4.74 Å². The van der Waals surface area contributed by atoms with Gasteiger partial charge in [-0.15, -0.1) is 0 Å². The molecule has 1 unspecified atom stereocenters. The summed E-state index contributed by atoms with van der Waals surface area (Å²) in [5.41, 5.74) is 0. The third-order valence-corrected chi connectivity index (χ3v) is 1.34. The molecule has 1 heterocycles. The monoisotopic (exact) mass is 143 g/mol. The zero-order chi connectivity index (χ0) is 7.40. The van der Waals surface area contributed by atoms with Crippen LogP contribution in [0.4, 0.5) is 0 Å². The first-order valence-electron chi connectivity index (χ1n) is 3.20. The Morgan fingerprint density at radius 3 is 3.00 bits per heavy atom. The van der Waals surface area contributed by atoms with Crippen molar-refractivity contribution in [3.63, 3.8) is 0 Å². The number of carbonyl (C=O) groups is 2. The second-order valence-corrected chi connectivity index (χ2v) is 2.13. The number of nitrogens with one attached hydrogen (secondary N) is 1. The van der Waals surface area contributed by atoms with Gasteiger partial charge in [0.2, 0.25) is 6.29 Å². The molecule has 0 aromatic rings. The Hall–Kier alpha value is -0.900. The second-order valence-electron chi connectivity index (χ2n) is 2.13. The van der Waals surface area contributed by atoms with Crippen LogP contribution in [0.3, 0.4) is 0 Å². The Morgan fingerprint density at radius 1 is 1.70 bits per heavy atom. The fourth-order valence-corrected chi connectivity index (χ4v) is 0.884. The highest BCUT2D eigenvalue weighted by Gasteiger charge is 2.16. The normalized spacial score (nSPS) is 24.2. The topological polar surface area (TPSA) is 55.4 Å². The number of hydrogen-bond donors (Lipinski definition) is 1. The Morgan fingerprint density at radius 2 is 2.50 bits per heavy atom. The minimum absolute atomic E-state index is 0.238. The summed E-state index contributed by atoms with van der Waals surface area (Å²) < 4.78 is 5.03. The molecule has 0 aromatic heterocycles. The highest BCUT2D eigenvalue weighted by Crippen LogP contribution is 2.07. The highest BCUT2D eigenvalue weighted by atomic mass is 16.5. The number of carbonyl (C=O) groups excluding carboxylic acids is 2. The molecule has 0 aromatic carbocycles. The molecule has 1 saturated heterocycles. The molecule has 1 N–H and O–H groups in total. The van der Waals surface area contributed by atoms with Crippen LogP contribution in [-0.4, -0.2) is 25.0 Å². The van der Waals surface area contributed by atoms with Gasteiger partial charge in [0.15, 0.2) is 0 Å². The van der Waals surface area contributed by atoms with Gasteiger partial charge in [-0.05, 0) is 12.8 Å². The van der Waals surface area contributed by atoms with Crippen molar-refractivity contribution in [2.45, 2.75) is 19.1 Å². The fraction of sp³-hybridized carbons (Fsp3) is 0.667. The lowest BCUT2D eigenvalue weighted by molar-refractivity contribution is -0.133. The first-order valence-corrected chi connectivity index (χ1v) is 3.20. The van der Waals surface area contributed by atoms with Gasteiger partial charge in [-0.2, -0.15) is 0 Å². The molecule has 0 aliphatic carbocycles. The molecule has 0 bridgehead atoms. The number of rotatable bonds is 2. The molecule has 1 aliphatic rings. The number of hydrogen-bond acceptors (Lipinski definition) is 3. The van der Waals surface area contributed by atoms with E-state index in [1.54, 1.807) is 0 Å². The van der Waals surface area contributed by atoms with Crippen LogP contribution in [0.5, 0.6) is 0 Å². The molecular formula is C6H9NO3. The largest absolute Gasteiger partial charge is 0.359 e. The molecule has 0 radical (unpaired) electrons. The zero-order valence-corrected chi connectivity index (χ0v) is 5.50. The predicted molar refractivity (Wildman–Crippen MR) is 33.2 cm³/mol. The fourth-order valence-electron chi connectivity index (χ4n) is 0.884. The minimum atomic E-state index is -0.605. The molecule has 4 heteroatoms. The molecule has 1 atom stereocenters. The summed E-state index contributed by atoms with van der Waals surface area (Å²) in [7, 11) is 0. The summed E-state index contributed by atoms with van der Waals surface area (Å²) in [5, 5.41) is 2.40. The number of amides is 1. The van der Waals surface area contributed by atoms with Crippen molar-refractivity contribution < 1.29 is 14.3 Å². The lowest BCUT2D eigenvalue weighted by atomic mass is 10.3. The van der Waals surface area contributed by atoms with E-state index in [1.165, 1.54) is 0 Å². The Kier molecular flexibility index (Phi) is 2.39. The van der Waals surface area contributed by atoms with E-state index < -0.39 is 5.91 Å². The van der Waals surface area contributed by atoms with Gasteiger partial charge in [0.05, 0.1) is 0 Å². The van der Waals surface area contributed by atoms with Gasteiger partial charge < -0.3 is 10.1 Å². The van der Waals surface area contributed by atoms with Crippen molar-refractivity contribution >= 4 is 12.2 Å². The first kappa shape index (κ1) is 7.21. The zero-order valence-electron chi connectivity index (χ0n) is 5.50. The molecule has 10 heavy (non-hydrogen) atoms. The average molecular weight is 143 g/mol. The summed E-state index contributed by atoms with van der Waals surface area (Å²) >= 11 is 0. The van der Waals surface area contributed by atoms with Crippen LogP contribution in [0.2, 0.25) is 0 Å². The maximum absolute atomic E-state index is 10.4. The van der Waals surface area contributed by atoms with Crippen molar-refractivity contribution in [1.82, 2.24) is 5.32 Å². The molecule has 4 nitrogen and oxygen atoms in total. The van der Waals surface area contributed by atoms with Crippen LogP contribution in [-0.2, 0) is 14.3 Å². The second kappa shape index (κ2) is 3.31. The van der Waals surface area contributed by atoms with Crippen molar-refractivity contribution in [3.8, 4) is 0 Å². The van der Waals surface area contributed by atoms with Crippen LogP contribution < -0.4 is 5.32 Å². The van der Waals surface area contributed by atoms with E-state index in [9.17, 15) is 9.59 Å². The van der Waals surface area contributed by atoms with Crippen molar-refractivity contribution in [2.75, 3.05) is 6.61 Å². The summed E-state index contributed by atoms with van der Waals surface area (Å²) in [5.74, 6) is -0.605. The molecule has 1 aliphatic heterocycles. The first-order chi connectivity index (χ1) is 4.83.